The van der Waals surface area contributed by atoms with E-state index in [-0.39, 0.29) is 0 Å². The minimum absolute atomic E-state index is 0.515. The van der Waals surface area contributed by atoms with Crippen molar-refractivity contribution in [2.45, 2.75) is 46.1 Å². The number of methoxy groups -OCH3 is 1. The topological polar surface area (TPSA) is 34.2 Å². The molecule has 0 aromatic carbocycles. The van der Waals surface area contributed by atoms with Crippen LogP contribution in [0, 0.1) is 6.92 Å². The standard InChI is InChI=1S/C13H22N2O/c1-5-7-11(6-2)15-12-8-10(3)14-9-13(12)16-4/h8-9,11H,5-7H2,1-4H3,(H,14,15). The summed E-state index contributed by atoms with van der Waals surface area (Å²) in [5.41, 5.74) is 2.06. The van der Waals surface area contributed by atoms with Crippen LogP contribution in [0.4, 0.5) is 5.69 Å². The van der Waals surface area contributed by atoms with E-state index in [1.807, 2.05) is 13.0 Å². The van der Waals surface area contributed by atoms with E-state index in [0.717, 1.165) is 23.6 Å². The Hall–Kier alpha value is -1.25. The normalized spacial score (nSPS) is 12.2. The second-order valence-electron chi connectivity index (χ2n) is 4.06. The molecule has 0 radical (unpaired) electrons. The average molecular weight is 222 g/mol. The van der Waals surface area contributed by atoms with Crippen LogP contribution in [0.5, 0.6) is 5.75 Å². The number of hydrogen-bond donors (Lipinski definition) is 1. The number of anilines is 1. The zero-order chi connectivity index (χ0) is 12.0. The molecule has 3 heteroatoms. The quantitative estimate of drug-likeness (QED) is 0.801. The lowest BCUT2D eigenvalue weighted by molar-refractivity contribution is 0.413. The Balaban J connectivity index is 2.80. The second-order valence-corrected chi connectivity index (χ2v) is 4.06. The van der Waals surface area contributed by atoms with Gasteiger partial charge >= 0.3 is 0 Å². The molecule has 0 aliphatic heterocycles. The van der Waals surface area contributed by atoms with Gasteiger partial charge in [0.2, 0.25) is 0 Å². The first-order valence-electron chi connectivity index (χ1n) is 5.98. The zero-order valence-corrected chi connectivity index (χ0v) is 10.7. The van der Waals surface area contributed by atoms with Crippen LogP contribution in [0.25, 0.3) is 0 Å². The highest BCUT2D eigenvalue weighted by molar-refractivity contribution is 5.56. The molecular formula is C13H22N2O. The Morgan fingerprint density at radius 3 is 2.75 bits per heavy atom. The number of aromatic nitrogens is 1. The summed E-state index contributed by atoms with van der Waals surface area (Å²) in [4.78, 5) is 4.22. The molecule has 16 heavy (non-hydrogen) atoms. The van der Waals surface area contributed by atoms with E-state index in [9.17, 15) is 0 Å². The van der Waals surface area contributed by atoms with Crippen LogP contribution in [0.1, 0.15) is 38.8 Å². The fraction of sp³-hybridized carbons (Fsp3) is 0.615. The van der Waals surface area contributed by atoms with E-state index in [4.69, 9.17) is 4.74 Å². The van der Waals surface area contributed by atoms with Gasteiger partial charge in [0.25, 0.3) is 0 Å². The molecule has 0 bridgehead atoms. The Morgan fingerprint density at radius 1 is 1.44 bits per heavy atom. The van der Waals surface area contributed by atoms with Gasteiger partial charge in [0, 0.05) is 11.7 Å². The number of nitrogens with one attached hydrogen (secondary N) is 1. The third kappa shape index (κ3) is 3.40. The van der Waals surface area contributed by atoms with Crippen molar-refractivity contribution in [3.8, 4) is 5.75 Å². The minimum atomic E-state index is 0.515. The van der Waals surface area contributed by atoms with Gasteiger partial charge < -0.3 is 10.1 Å². The maximum atomic E-state index is 5.30. The zero-order valence-electron chi connectivity index (χ0n) is 10.7. The first-order valence-corrected chi connectivity index (χ1v) is 5.98. The van der Waals surface area contributed by atoms with Crippen molar-refractivity contribution in [2.75, 3.05) is 12.4 Å². The Labute approximate surface area is 98.2 Å². The fourth-order valence-electron chi connectivity index (χ4n) is 1.77. The molecule has 1 atom stereocenters. The van der Waals surface area contributed by atoms with Crippen molar-refractivity contribution >= 4 is 5.69 Å². The van der Waals surface area contributed by atoms with Crippen LogP contribution < -0.4 is 10.1 Å². The Bertz CT molecular complexity index is 326. The summed E-state index contributed by atoms with van der Waals surface area (Å²) in [6.07, 6.45) is 5.27. The molecule has 1 heterocycles. The van der Waals surface area contributed by atoms with Crippen molar-refractivity contribution in [3.63, 3.8) is 0 Å². The molecule has 1 unspecified atom stereocenters. The summed E-state index contributed by atoms with van der Waals surface area (Å²) in [5, 5.41) is 3.52. The van der Waals surface area contributed by atoms with Gasteiger partial charge in [0.05, 0.1) is 19.0 Å². The molecule has 3 nitrogen and oxygen atoms in total. The third-order valence-electron chi connectivity index (χ3n) is 2.71. The van der Waals surface area contributed by atoms with Crippen molar-refractivity contribution in [1.29, 1.82) is 0 Å². The molecule has 0 aliphatic rings. The molecule has 0 fully saturated rings. The van der Waals surface area contributed by atoms with E-state index in [0.29, 0.717) is 6.04 Å². The summed E-state index contributed by atoms with van der Waals surface area (Å²) >= 11 is 0. The predicted molar refractivity (Wildman–Crippen MR) is 68.1 cm³/mol. The second kappa shape index (κ2) is 6.36. The lowest BCUT2D eigenvalue weighted by Crippen LogP contribution is -2.18. The van der Waals surface area contributed by atoms with Gasteiger partial charge in [-0.05, 0) is 25.8 Å². The van der Waals surface area contributed by atoms with Gasteiger partial charge in [0.1, 0.15) is 0 Å². The molecular weight excluding hydrogens is 200 g/mol. The van der Waals surface area contributed by atoms with Gasteiger partial charge in [0.15, 0.2) is 5.75 Å². The minimum Gasteiger partial charge on any atom is -0.493 e. The van der Waals surface area contributed by atoms with Crippen LogP contribution in [-0.4, -0.2) is 18.1 Å². The van der Waals surface area contributed by atoms with Crippen LogP contribution in [0.3, 0.4) is 0 Å². The van der Waals surface area contributed by atoms with Crippen molar-refractivity contribution in [3.05, 3.63) is 18.0 Å². The van der Waals surface area contributed by atoms with Crippen LogP contribution in [-0.2, 0) is 0 Å². The highest BCUT2D eigenvalue weighted by atomic mass is 16.5. The van der Waals surface area contributed by atoms with Crippen molar-refractivity contribution in [1.82, 2.24) is 4.98 Å². The Morgan fingerprint density at radius 2 is 2.19 bits per heavy atom. The highest BCUT2D eigenvalue weighted by Gasteiger charge is 2.09. The number of nitrogens with zero attached hydrogens (tertiary/aromatic N) is 1. The van der Waals surface area contributed by atoms with E-state index < -0.39 is 0 Å². The van der Waals surface area contributed by atoms with Gasteiger partial charge in [-0.25, -0.2) is 0 Å². The summed E-state index contributed by atoms with van der Waals surface area (Å²) in [7, 11) is 1.68. The van der Waals surface area contributed by atoms with E-state index in [1.54, 1.807) is 13.3 Å². The number of rotatable bonds is 6. The summed E-state index contributed by atoms with van der Waals surface area (Å²) in [6, 6.07) is 2.55. The van der Waals surface area contributed by atoms with Gasteiger partial charge in [-0.15, -0.1) is 0 Å². The van der Waals surface area contributed by atoms with E-state index in [1.165, 1.54) is 12.8 Å². The first kappa shape index (κ1) is 12.8. The molecule has 0 saturated heterocycles. The lowest BCUT2D eigenvalue weighted by Gasteiger charge is -2.19. The van der Waals surface area contributed by atoms with Crippen molar-refractivity contribution in [2.24, 2.45) is 0 Å². The molecule has 90 valence electrons. The third-order valence-corrected chi connectivity index (χ3v) is 2.71. The summed E-state index contributed by atoms with van der Waals surface area (Å²) in [5.74, 6) is 0.820. The number of aryl methyl sites for hydroxylation is 1. The van der Waals surface area contributed by atoms with Crippen LogP contribution in [0.2, 0.25) is 0 Å². The van der Waals surface area contributed by atoms with Crippen molar-refractivity contribution < 1.29 is 4.74 Å². The monoisotopic (exact) mass is 222 g/mol. The Kier molecular flexibility index (Phi) is 5.09. The molecule has 1 N–H and O–H groups in total. The van der Waals surface area contributed by atoms with Crippen LogP contribution >= 0.6 is 0 Å². The fourth-order valence-corrected chi connectivity index (χ4v) is 1.77. The largest absolute Gasteiger partial charge is 0.493 e. The molecule has 1 aromatic rings. The van der Waals surface area contributed by atoms with Gasteiger partial charge in [-0.1, -0.05) is 20.3 Å². The molecule has 0 spiro atoms. The maximum Gasteiger partial charge on any atom is 0.160 e. The van der Waals surface area contributed by atoms with Crippen LogP contribution in [0.15, 0.2) is 12.3 Å². The summed E-state index contributed by atoms with van der Waals surface area (Å²) < 4.78 is 5.30. The van der Waals surface area contributed by atoms with Gasteiger partial charge in [-0.2, -0.15) is 0 Å². The molecule has 0 aliphatic carbocycles. The lowest BCUT2D eigenvalue weighted by atomic mass is 10.1. The number of pyridine rings is 1. The maximum absolute atomic E-state index is 5.30. The average Bonchev–Trinajstić information content (AvgIpc) is 2.29. The molecule has 0 amide bonds. The smallest absolute Gasteiger partial charge is 0.160 e. The van der Waals surface area contributed by atoms with Gasteiger partial charge in [-0.3, -0.25) is 4.98 Å². The van der Waals surface area contributed by atoms with E-state index in [2.05, 4.69) is 24.1 Å². The SMILES string of the molecule is CCCC(CC)Nc1cc(C)ncc1OC. The predicted octanol–water partition coefficient (Wildman–Crippen LogP) is 3.39. The summed E-state index contributed by atoms with van der Waals surface area (Å²) in [6.45, 7) is 6.40. The highest BCUT2D eigenvalue weighted by Crippen LogP contribution is 2.25. The molecule has 0 saturated carbocycles. The first-order chi connectivity index (χ1) is 7.71. The molecule has 1 rings (SSSR count). The molecule has 1 aromatic heterocycles. The number of hydrogen-bond acceptors (Lipinski definition) is 3. The van der Waals surface area contributed by atoms with E-state index >= 15 is 0 Å². The number of ether oxygens (including phenoxy) is 1.